The van der Waals surface area contributed by atoms with Crippen LogP contribution in [0.5, 0.6) is 0 Å². The van der Waals surface area contributed by atoms with Crippen molar-refractivity contribution in [3.8, 4) is 11.1 Å². The van der Waals surface area contributed by atoms with Crippen LogP contribution in [0.15, 0.2) is 72.8 Å². The predicted molar refractivity (Wildman–Crippen MR) is 127 cm³/mol. The number of hydrogen-bond donors (Lipinski definition) is 3. The van der Waals surface area contributed by atoms with Gasteiger partial charge in [-0.25, -0.2) is 9.18 Å². The van der Waals surface area contributed by atoms with Gasteiger partial charge < -0.3 is 20.5 Å². The van der Waals surface area contributed by atoms with Crippen molar-refractivity contribution in [2.75, 3.05) is 6.61 Å². The molecule has 1 atom stereocenters. The molecule has 0 fully saturated rings. The minimum Gasteiger partial charge on any atom is -0.481 e. The molecule has 3 aromatic carbocycles. The number of carboxylic acid groups (broad SMARTS) is 1. The van der Waals surface area contributed by atoms with E-state index in [-0.39, 0.29) is 31.9 Å². The average Bonchev–Trinajstić information content (AvgIpc) is 3.18. The Kier molecular flexibility index (Phi) is 7.40. The van der Waals surface area contributed by atoms with E-state index in [9.17, 15) is 18.8 Å². The lowest BCUT2D eigenvalue weighted by Gasteiger charge is -2.19. The number of ether oxygens (including phenoxy) is 1. The molecule has 0 aliphatic heterocycles. The van der Waals surface area contributed by atoms with E-state index in [1.54, 1.807) is 0 Å². The van der Waals surface area contributed by atoms with E-state index in [1.807, 2.05) is 48.5 Å². The molecule has 7 nitrogen and oxygen atoms in total. The van der Waals surface area contributed by atoms with Crippen molar-refractivity contribution in [1.29, 1.82) is 0 Å². The molecular weight excluding hydrogens is 451 g/mol. The second-order valence-corrected chi connectivity index (χ2v) is 8.30. The monoisotopic (exact) mass is 476 g/mol. The van der Waals surface area contributed by atoms with Crippen LogP contribution in [0.1, 0.15) is 35.4 Å². The van der Waals surface area contributed by atoms with Crippen LogP contribution in [0.4, 0.5) is 9.18 Å². The first kappa shape index (κ1) is 23.9. The highest BCUT2D eigenvalue weighted by Gasteiger charge is 2.30. The quantitative estimate of drug-likeness (QED) is 0.429. The first-order chi connectivity index (χ1) is 16.9. The second kappa shape index (κ2) is 10.8. The molecule has 0 saturated carbocycles. The number of carbonyl (C=O) groups is 3. The van der Waals surface area contributed by atoms with Gasteiger partial charge in [-0.3, -0.25) is 9.59 Å². The van der Waals surface area contributed by atoms with E-state index in [4.69, 9.17) is 9.84 Å². The number of alkyl carbamates (subject to hydrolysis) is 1. The van der Waals surface area contributed by atoms with Crippen LogP contribution >= 0.6 is 0 Å². The third-order valence-corrected chi connectivity index (χ3v) is 5.98. The molecule has 0 aromatic heterocycles. The fourth-order valence-electron chi connectivity index (χ4n) is 4.23. The van der Waals surface area contributed by atoms with E-state index in [0.717, 1.165) is 22.3 Å². The standard InChI is InChI=1S/C27H25FN2O5/c28-18-11-9-17(10-12-18)15-29-26(33)24(13-14-25(31)32)30-27(34)35-16-23-21-7-3-1-5-19(21)20-6-2-4-8-22(20)23/h1-12,23-24H,13-16H2,(H,29,33)(H,30,34)(H,31,32). The van der Waals surface area contributed by atoms with E-state index in [0.29, 0.717) is 5.56 Å². The lowest BCUT2D eigenvalue weighted by molar-refractivity contribution is -0.137. The third-order valence-electron chi connectivity index (χ3n) is 5.98. The number of nitrogens with one attached hydrogen (secondary N) is 2. The Morgan fingerprint density at radius 2 is 1.51 bits per heavy atom. The summed E-state index contributed by atoms with van der Waals surface area (Å²) in [5, 5.41) is 14.2. The molecule has 180 valence electrons. The van der Waals surface area contributed by atoms with Crippen molar-refractivity contribution < 1.29 is 28.6 Å². The molecule has 8 heteroatoms. The van der Waals surface area contributed by atoms with Gasteiger partial charge in [0, 0.05) is 18.9 Å². The van der Waals surface area contributed by atoms with Crippen molar-refractivity contribution in [3.63, 3.8) is 0 Å². The molecule has 2 amide bonds. The maximum absolute atomic E-state index is 13.1. The average molecular weight is 477 g/mol. The fourth-order valence-corrected chi connectivity index (χ4v) is 4.23. The Hall–Kier alpha value is -4.20. The summed E-state index contributed by atoms with van der Waals surface area (Å²) in [6.45, 7) is 0.178. The second-order valence-electron chi connectivity index (χ2n) is 8.30. The number of carboxylic acids is 1. The Morgan fingerprint density at radius 1 is 0.914 bits per heavy atom. The molecule has 35 heavy (non-hydrogen) atoms. The topological polar surface area (TPSA) is 105 Å². The molecule has 0 bridgehead atoms. The number of aliphatic carboxylic acids is 1. The summed E-state index contributed by atoms with van der Waals surface area (Å²) < 4.78 is 18.6. The Morgan fingerprint density at radius 3 is 2.11 bits per heavy atom. The number of benzene rings is 3. The first-order valence-electron chi connectivity index (χ1n) is 11.3. The first-order valence-corrected chi connectivity index (χ1v) is 11.3. The van der Waals surface area contributed by atoms with Gasteiger partial charge in [0.05, 0.1) is 0 Å². The minimum absolute atomic E-state index is 0.0721. The van der Waals surface area contributed by atoms with E-state index in [2.05, 4.69) is 10.6 Å². The molecule has 1 unspecified atom stereocenters. The van der Waals surface area contributed by atoms with Crippen molar-refractivity contribution in [2.24, 2.45) is 0 Å². The Bertz CT molecular complexity index is 1180. The van der Waals surface area contributed by atoms with E-state index < -0.39 is 29.8 Å². The van der Waals surface area contributed by atoms with Crippen LogP contribution in [-0.4, -0.2) is 35.7 Å². The molecule has 4 rings (SSSR count). The van der Waals surface area contributed by atoms with Crippen LogP contribution in [0.25, 0.3) is 11.1 Å². The maximum atomic E-state index is 13.1. The van der Waals surface area contributed by atoms with Crippen LogP contribution < -0.4 is 10.6 Å². The number of rotatable bonds is 9. The van der Waals surface area contributed by atoms with Crippen LogP contribution in [-0.2, 0) is 20.9 Å². The summed E-state index contributed by atoms with van der Waals surface area (Å²) in [5.41, 5.74) is 4.97. The van der Waals surface area contributed by atoms with Gasteiger partial charge in [-0.05, 0) is 46.4 Å². The zero-order valence-corrected chi connectivity index (χ0v) is 18.9. The molecule has 3 aromatic rings. The van der Waals surface area contributed by atoms with Gasteiger partial charge in [0.1, 0.15) is 18.5 Å². The van der Waals surface area contributed by atoms with Crippen LogP contribution in [0, 0.1) is 5.82 Å². The molecule has 1 aliphatic carbocycles. The summed E-state index contributed by atoms with van der Waals surface area (Å²) in [5.74, 6) is -2.17. The molecule has 0 heterocycles. The SMILES string of the molecule is O=C(O)CCC(NC(=O)OCC1c2ccccc2-c2ccccc21)C(=O)NCc1ccc(F)cc1. The van der Waals surface area contributed by atoms with Crippen molar-refractivity contribution >= 4 is 18.0 Å². The highest BCUT2D eigenvalue weighted by Crippen LogP contribution is 2.44. The summed E-state index contributed by atoms with van der Waals surface area (Å²) in [6, 6.07) is 20.4. The van der Waals surface area contributed by atoms with Gasteiger partial charge in [-0.2, -0.15) is 0 Å². The number of fused-ring (bicyclic) bond motifs is 3. The Balaban J connectivity index is 1.38. The van der Waals surface area contributed by atoms with Crippen LogP contribution in [0.3, 0.4) is 0 Å². The third kappa shape index (κ3) is 5.84. The van der Waals surface area contributed by atoms with Gasteiger partial charge in [0.15, 0.2) is 0 Å². The number of halogens is 1. The molecule has 0 spiro atoms. The molecule has 0 radical (unpaired) electrons. The summed E-state index contributed by atoms with van der Waals surface area (Å²) in [6.07, 6.45) is -1.22. The number of amides is 2. The summed E-state index contributed by atoms with van der Waals surface area (Å²) >= 11 is 0. The van der Waals surface area contributed by atoms with Gasteiger partial charge in [-0.1, -0.05) is 60.7 Å². The highest BCUT2D eigenvalue weighted by molar-refractivity contribution is 5.86. The summed E-state index contributed by atoms with van der Waals surface area (Å²) in [4.78, 5) is 36.3. The zero-order valence-electron chi connectivity index (χ0n) is 18.9. The van der Waals surface area contributed by atoms with E-state index >= 15 is 0 Å². The van der Waals surface area contributed by atoms with Gasteiger partial charge in [0.2, 0.25) is 5.91 Å². The Labute approximate surface area is 201 Å². The van der Waals surface area contributed by atoms with Gasteiger partial charge in [-0.15, -0.1) is 0 Å². The molecule has 3 N–H and O–H groups in total. The number of carbonyl (C=O) groups excluding carboxylic acids is 2. The molecule has 0 saturated heterocycles. The van der Waals surface area contributed by atoms with Crippen molar-refractivity contribution in [1.82, 2.24) is 10.6 Å². The lowest BCUT2D eigenvalue weighted by atomic mass is 9.98. The zero-order chi connectivity index (χ0) is 24.8. The number of hydrogen-bond acceptors (Lipinski definition) is 4. The smallest absolute Gasteiger partial charge is 0.407 e. The van der Waals surface area contributed by atoms with Crippen molar-refractivity contribution in [2.45, 2.75) is 31.3 Å². The molecule has 1 aliphatic rings. The molecular formula is C27H25FN2O5. The van der Waals surface area contributed by atoms with Crippen molar-refractivity contribution in [3.05, 3.63) is 95.3 Å². The fraction of sp³-hybridized carbons (Fsp3) is 0.222. The largest absolute Gasteiger partial charge is 0.481 e. The summed E-state index contributed by atoms with van der Waals surface area (Å²) in [7, 11) is 0. The van der Waals surface area contributed by atoms with Crippen LogP contribution in [0.2, 0.25) is 0 Å². The predicted octanol–water partition coefficient (Wildman–Crippen LogP) is 4.21. The van der Waals surface area contributed by atoms with Gasteiger partial charge in [0.25, 0.3) is 0 Å². The van der Waals surface area contributed by atoms with E-state index in [1.165, 1.54) is 24.3 Å². The normalized spacial score (nSPS) is 12.8. The minimum atomic E-state index is -1.10. The highest BCUT2D eigenvalue weighted by atomic mass is 19.1. The maximum Gasteiger partial charge on any atom is 0.407 e. The lowest BCUT2D eigenvalue weighted by Crippen LogP contribution is -2.47. The van der Waals surface area contributed by atoms with Gasteiger partial charge >= 0.3 is 12.1 Å².